The maximum Gasteiger partial charge on any atom is 0.411 e. The van der Waals surface area contributed by atoms with Crippen LogP contribution in [0.5, 0.6) is 0 Å². The second-order valence-corrected chi connectivity index (χ2v) is 4.19. The third-order valence-electron chi connectivity index (χ3n) is 1.82. The van der Waals surface area contributed by atoms with Gasteiger partial charge in [-0.1, -0.05) is 0 Å². The molecule has 7 heteroatoms. The van der Waals surface area contributed by atoms with Crippen molar-refractivity contribution in [3.63, 3.8) is 0 Å². The normalized spacial score (nSPS) is 11.5. The fourth-order valence-corrected chi connectivity index (χ4v) is 1.66. The van der Waals surface area contributed by atoms with E-state index in [1.165, 1.54) is 0 Å². The van der Waals surface area contributed by atoms with Crippen molar-refractivity contribution in [2.75, 3.05) is 30.8 Å². The number of benzene rings is 1. The van der Waals surface area contributed by atoms with Gasteiger partial charge in [-0.05, 0) is 34.1 Å². The molecule has 17 heavy (non-hydrogen) atoms. The van der Waals surface area contributed by atoms with Gasteiger partial charge in [-0.3, -0.25) is 0 Å². The molecule has 0 aliphatic carbocycles. The molecule has 0 radical (unpaired) electrons. The van der Waals surface area contributed by atoms with Gasteiger partial charge in [0.25, 0.3) is 0 Å². The van der Waals surface area contributed by atoms with Crippen LogP contribution in [0.2, 0.25) is 0 Å². The number of nitrogens with two attached hydrogens (primary N) is 1. The Morgan fingerprint density at radius 1 is 1.35 bits per heavy atom. The molecule has 0 heterocycles. The highest BCUT2D eigenvalue weighted by Gasteiger charge is 2.27. The lowest BCUT2D eigenvalue weighted by atomic mass is 10.3. The SMILES string of the molecule is Nc1ccc(NCCOCC(F)(F)F)c(Br)c1. The third-order valence-corrected chi connectivity index (χ3v) is 2.48. The van der Waals surface area contributed by atoms with Gasteiger partial charge in [0.05, 0.1) is 6.61 Å². The van der Waals surface area contributed by atoms with E-state index in [0.717, 1.165) is 10.2 Å². The molecule has 0 bridgehead atoms. The fraction of sp³-hybridized carbons (Fsp3) is 0.400. The standard InChI is InChI=1S/C10H12BrF3N2O/c11-8-5-7(15)1-2-9(8)16-3-4-17-6-10(12,13)14/h1-2,5,16H,3-4,6,15H2. The van der Waals surface area contributed by atoms with Crippen LogP contribution < -0.4 is 11.1 Å². The topological polar surface area (TPSA) is 47.3 Å². The predicted octanol–water partition coefficient (Wildman–Crippen LogP) is 3.02. The van der Waals surface area contributed by atoms with Crippen LogP contribution in [-0.4, -0.2) is 25.9 Å². The zero-order valence-corrected chi connectivity index (χ0v) is 10.4. The summed E-state index contributed by atoms with van der Waals surface area (Å²) in [7, 11) is 0. The molecular formula is C10H12BrF3N2O. The zero-order valence-electron chi connectivity index (χ0n) is 8.85. The fourth-order valence-electron chi connectivity index (χ4n) is 1.12. The molecule has 96 valence electrons. The Labute approximate surface area is 105 Å². The number of halogens is 4. The van der Waals surface area contributed by atoms with E-state index < -0.39 is 12.8 Å². The van der Waals surface area contributed by atoms with Crippen LogP contribution in [-0.2, 0) is 4.74 Å². The first-order valence-electron chi connectivity index (χ1n) is 4.82. The molecule has 0 fully saturated rings. The van der Waals surface area contributed by atoms with E-state index in [9.17, 15) is 13.2 Å². The van der Waals surface area contributed by atoms with Crippen LogP contribution in [0.4, 0.5) is 24.5 Å². The summed E-state index contributed by atoms with van der Waals surface area (Å²) in [5.74, 6) is 0. The van der Waals surface area contributed by atoms with Gasteiger partial charge < -0.3 is 15.8 Å². The lowest BCUT2D eigenvalue weighted by molar-refractivity contribution is -0.172. The number of ether oxygens (including phenoxy) is 1. The molecule has 1 aromatic carbocycles. The highest BCUT2D eigenvalue weighted by atomic mass is 79.9. The molecule has 0 unspecified atom stereocenters. The van der Waals surface area contributed by atoms with Crippen LogP contribution in [0.15, 0.2) is 22.7 Å². The Morgan fingerprint density at radius 3 is 2.65 bits per heavy atom. The minimum absolute atomic E-state index is 0.0175. The van der Waals surface area contributed by atoms with E-state index >= 15 is 0 Å². The maximum absolute atomic E-state index is 11.7. The highest BCUT2D eigenvalue weighted by Crippen LogP contribution is 2.24. The zero-order chi connectivity index (χ0) is 12.9. The Balaban J connectivity index is 2.27. The second kappa shape index (κ2) is 6.11. The van der Waals surface area contributed by atoms with E-state index in [1.807, 2.05) is 0 Å². The van der Waals surface area contributed by atoms with Crippen molar-refractivity contribution in [2.45, 2.75) is 6.18 Å². The average molecular weight is 313 g/mol. The van der Waals surface area contributed by atoms with Crippen molar-refractivity contribution >= 4 is 27.3 Å². The monoisotopic (exact) mass is 312 g/mol. The van der Waals surface area contributed by atoms with E-state index in [4.69, 9.17) is 5.73 Å². The predicted molar refractivity (Wildman–Crippen MR) is 63.9 cm³/mol. The largest absolute Gasteiger partial charge is 0.411 e. The van der Waals surface area contributed by atoms with E-state index in [2.05, 4.69) is 26.0 Å². The van der Waals surface area contributed by atoms with Gasteiger partial charge in [0.2, 0.25) is 0 Å². The molecule has 0 aromatic heterocycles. The molecule has 0 aliphatic heterocycles. The molecule has 3 N–H and O–H groups in total. The van der Waals surface area contributed by atoms with Crippen molar-refractivity contribution in [2.24, 2.45) is 0 Å². The summed E-state index contributed by atoms with van der Waals surface area (Å²) in [6.45, 7) is -0.952. The Morgan fingerprint density at radius 2 is 2.06 bits per heavy atom. The van der Waals surface area contributed by atoms with Crippen LogP contribution >= 0.6 is 15.9 Å². The quantitative estimate of drug-likeness (QED) is 0.649. The van der Waals surface area contributed by atoms with Gasteiger partial charge in [-0.15, -0.1) is 0 Å². The molecule has 0 spiro atoms. The second-order valence-electron chi connectivity index (χ2n) is 3.33. The summed E-state index contributed by atoms with van der Waals surface area (Å²) in [5.41, 5.74) is 6.91. The van der Waals surface area contributed by atoms with Crippen LogP contribution in [0.25, 0.3) is 0 Å². The van der Waals surface area contributed by atoms with Crippen LogP contribution in [0, 0.1) is 0 Å². The van der Waals surface area contributed by atoms with E-state index in [-0.39, 0.29) is 6.61 Å². The lowest BCUT2D eigenvalue weighted by Gasteiger charge is -2.10. The van der Waals surface area contributed by atoms with Gasteiger partial charge in [-0.2, -0.15) is 13.2 Å². The van der Waals surface area contributed by atoms with Crippen molar-refractivity contribution < 1.29 is 17.9 Å². The van der Waals surface area contributed by atoms with Crippen LogP contribution in [0.1, 0.15) is 0 Å². The number of anilines is 2. The molecule has 1 rings (SSSR count). The first-order valence-corrected chi connectivity index (χ1v) is 5.61. The third kappa shape index (κ3) is 5.78. The molecule has 0 aliphatic rings. The first kappa shape index (κ1) is 14.1. The van der Waals surface area contributed by atoms with Gasteiger partial charge in [0.15, 0.2) is 0 Å². The molecular weight excluding hydrogens is 301 g/mol. The number of rotatable bonds is 5. The average Bonchev–Trinajstić information content (AvgIpc) is 2.18. The number of nitrogen functional groups attached to an aromatic ring is 1. The summed E-state index contributed by atoms with van der Waals surface area (Å²) >= 11 is 3.28. The van der Waals surface area contributed by atoms with E-state index in [0.29, 0.717) is 12.2 Å². The van der Waals surface area contributed by atoms with Gasteiger partial charge in [0, 0.05) is 22.4 Å². The smallest absolute Gasteiger partial charge is 0.399 e. The summed E-state index contributed by atoms with van der Waals surface area (Å²) in [6, 6.07) is 5.14. The summed E-state index contributed by atoms with van der Waals surface area (Å²) in [5, 5.41) is 2.93. The number of alkyl halides is 3. The Hall–Kier alpha value is -0.950. The number of nitrogens with one attached hydrogen (secondary N) is 1. The Bertz CT molecular complexity index is 371. The van der Waals surface area contributed by atoms with Crippen LogP contribution in [0.3, 0.4) is 0 Å². The number of hydrogen-bond acceptors (Lipinski definition) is 3. The van der Waals surface area contributed by atoms with Gasteiger partial charge in [0.1, 0.15) is 6.61 Å². The lowest BCUT2D eigenvalue weighted by Crippen LogP contribution is -2.20. The molecule has 0 atom stereocenters. The summed E-state index contributed by atoms with van der Waals surface area (Å²) in [4.78, 5) is 0. The van der Waals surface area contributed by atoms with Crippen molar-refractivity contribution in [3.05, 3.63) is 22.7 Å². The minimum atomic E-state index is -4.28. The van der Waals surface area contributed by atoms with Crippen molar-refractivity contribution in [1.82, 2.24) is 0 Å². The summed E-state index contributed by atoms with van der Waals surface area (Å²) < 4.78 is 40.5. The van der Waals surface area contributed by atoms with Crippen molar-refractivity contribution in [1.29, 1.82) is 0 Å². The maximum atomic E-state index is 11.7. The highest BCUT2D eigenvalue weighted by molar-refractivity contribution is 9.10. The Kier molecular flexibility index (Phi) is 5.07. The first-order chi connectivity index (χ1) is 7.88. The molecule has 0 amide bonds. The van der Waals surface area contributed by atoms with Gasteiger partial charge in [-0.25, -0.2) is 0 Å². The molecule has 0 saturated carbocycles. The van der Waals surface area contributed by atoms with Gasteiger partial charge >= 0.3 is 6.18 Å². The summed E-state index contributed by atoms with van der Waals surface area (Å²) in [6.07, 6.45) is -4.28. The minimum Gasteiger partial charge on any atom is -0.399 e. The molecule has 1 aromatic rings. The molecule has 3 nitrogen and oxygen atoms in total. The van der Waals surface area contributed by atoms with Crippen molar-refractivity contribution in [3.8, 4) is 0 Å². The van der Waals surface area contributed by atoms with E-state index in [1.54, 1.807) is 18.2 Å². The molecule has 0 saturated heterocycles. The number of hydrogen-bond donors (Lipinski definition) is 2.